The van der Waals surface area contributed by atoms with E-state index in [9.17, 15) is 20.2 Å². The number of anilines is 1. The summed E-state index contributed by atoms with van der Waals surface area (Å²) in [6.07, 6.45) is 2.07. The molecule has 138 valence electrons. The van der Waals surface area contributed by atoms with E-state index in [-0.39, 0.29) is 22.0 Å². The summed E-state index contributed by atoms with van der Waals surface area (Å²) in [5.41, 5.74) is 2.06. The molecule has 0 aromatic heterocycles. The highest BCUT2D eigenvalue weighted by atomic mass is 35.5. The molecule has 27 heavy (non-hydrogen) atoms. The van der Waals surface area contributed by atoms with Gasteiger partial charge in [0.15, 0.2) is 0 Å². The first kappa shape index (κ1) is 19.9. The molecule has 2 N–H and O–H groups in total. The van der Waals surface area contributed by atoms with Crippen molar-refractivity contribution in [3.63, 3.8) is 0 Å². The Balaban J connectivity index is 1.98. The summed E-state index contributed by atoms with van der Waals surface area (Å²) in [5.74, 6) is -0.669. The van der Waals surface area contributed by atoms with Crippen LogP contribution in [0.4, 0.5) is 11.4 Å². The Kier molecular flexibility index (Phi) is 6.92. The van der Waals surface area contributed by atoms with Crippen molar-refractivity contribution >= 4 is 28.9 Å². The van der Waals surface area contributed by atoms with Gasteiger partial charge in [0, 0.05) is 24.5 Å². The van der Waals surface area contributed by atoms with E-state index in [1.165, 1.54) is 29.5 Å². The lowest BCUT2D eigenvalue weighted by atomic mass is 10.1. The Labute approximate surface area is 161 Å². The van der Waals surface area contributed by atoms with Crippen molar-refractivity contribution in [3.05, 3.63) is 80.5 Å². The summed E-state index contributed by atoms with van der Waals surface area (Å²) in [6.45, 7) is 2.57. The number of hydrogen-bond donors (Lipinski definition) is 2. The first-order valence-electron chi connectivity index (χ1n) is 8.06. The maximum Gasteiger partial charge on any atom is 0.289 e. The number of nitrogens with one attached hydrogen (secondary N) is 2. The molecule has 2 aromatic rings. The maximum absolute atomic E-state index is 12.2. The van der Waals surface area contributed by atoms with E-state index in [1.54, 1.807) is 0 Å². The Morgan fingerprint density at radius 1 is 1.33 bits per heavy atom. The number of aryl methyl sites for hydroxylation is 1. The SMILES string of the molecule is Cc1ccccc1CCN/C=C(/C#N)C(=O)Nc1ccc(Cl)c([N+](=O)[O-])c1. The molecule has 0 radical (unpaired) electrons. The molecule has 0 spiro atoms. The molecule has 0 bridgehead atoms. The monoisotopic (exact) mass is 384 g/mol. The zero-order valence-electron chi connectivity index (χ0n) is 14.5. The van der Waals surface area contributed by atoms with Crippen LogP contribution in [-0.4, -0.2) is 17.4 Å². The van der Waals surface area contributed by atoms with Gasteiger partial charge in [-0.25, -0.2) is 0 Å². The van der Waals surface area contributed by atoms with Crippen LogP contribution in [0.1, 0.15) is 11.1 Å². The molecule has 7 nitrogen and oxygen atoms in total. The topological polar surface area (TPSA) is 108 Å². The molecule has 0 heterocycles. The van der Waals surface area contributed by atoms with Gasteiger partial charge in [-0.05, 0) is 36.6 Å². The highest BCUT2D eigenvalue weighted by molar-refractivity contribution is 6.32. The summed E-state index contributed by atoms with van der Waals surface area (Å²) >= 11 is 5.74. The third-order valence-corrected chi connectivity index (χ3v) is 4.13. The first-order chi connectivity index (χ1) is 12.9. The van der Waals surface area contributed by atoms with Crippen molar-refractivity contribution in [1.82, 2.24) is 5.32 Å². The molecule has 0 aliphatic rings. The summed E-state index contributed by atoms with van der Waals surface area (Å²) in [7, 11) is 0. The number of carbonyl (C=O) groups excluding carboxylic acids is 1. The Hall–Kier alpha value is -3.37. The lowest BCUT2D eigenvalue weighted by Gasteiger charge is -2.07. The molecule has 2 rings (SSSR count). The number of rotatable bonds is 7. The standard InChI is InChI=1S/C19H17ClN4O3/c1-13-4-2-3-5-14(13)8-9-22-12-15(11-21)19(25)23-16-6-7-17(20)18(10-16)24(26)27/h2-7,10,12,22H,8-9H2,1H3,(H,23,25)/b15-12-. The molecule has 0 saturated heterocycles. The quantitative estimate of drug-likeness (QED) is 0.248. The van der Waals surface area contributed by atoms with Crippen molar-refractivity contribution in [2.24, 2.45) is 0 Å². The predicted octanol–water partition coefficient (Wildman–Crippen LogP) is 3.73. The minimum atomic E-state index is -0.669. The number of halogens is 1. The van der Waals surface area contributed by atoms with Crippen LogP contribution < -0.4 is 10.6 Å². The van der Waals surface area contributed by atoms with Crippen LogP contribution in [-0.2, 0) is 11.2 Å². The van der Waals surface area contributed by atoms with Crippen molar-refractivity contribution in [2.75, 3.05) is 11.9 Å². The third-order valence-electron chi connectivity index (χ3n) is 3.81. The zero-order chi connectivity index (χ0) is 19.8. The number of amides is 1. The largest absolute Gasteiger partial charge is 0.389 e. The fourth-order valence-corrected chi connectivity index (χ4v) is 2.54. The number of carbonyl (C=O) groups is 1. The number of nitrogens with zero attached hydrogens (tertiary/aromatic N) is 2. The van der Waals surface area contributed by atoms with Crippen molar-refractivity contribution < 1.29 is 9.72 Å². The normalized spacial score (nSPS) is 10.8. The molecule has 0 aliphatic carbocycles. The molecular weight excluding hydrogens is 368 g/mol. The van der Waals surface area contributed by atoms with Crippen LogP contribution in [0.25, 0.3) is 0 Å². The van der Waals surface area contributed by atoms with E-state index in [1.807, 2.05) is 37.3 Å². The van der Waals surface area contributed by atoms with Gasteiger partial charge < -0.3 is 10.6 Å². The molecule has 0 unspecified atom stereocenters. The van der Waals surface area contributed by atoms with Crippen LogP contribution in [0.5, 0.6) is 0 Å². The highest BCUT2D eigenvalue weighted by Gasteiger charge is 2.15. The highest BCUT2D eigenvalue weighted by Crippen LogP contribution is 2.27. The molecule has 8 heteroatoms. The molecule has 0 fully saturated rings. The fourth-order valence-electron chi connectivity index (χ4n) is 2.35. The number of benzene rings is 2. The lowest BCUT2D eigenvalue weighted by Crippen LogP contribution is -2.18. The summed E-state index contributed by atoms with van der Waals surface area (Å²) in [6, 6.07) is 13.6. The predicted molar refractivity (Wildman–Crippen MR) is 103 cm³/mol. The maximum atomic E-state index is 12.2. The smallest absolute Gasteiger partial charge is 0.289 e. The fraction of sp³-hybridized carbons (Fsp3) is 0.158. The van der Waals surface area contributed by atoms with Crippen LogP contribution >= 0.6 is 11.6 Å². The van der Waals surface area contributed by atoms with Gasteiger partial charge in [0.25, 0.3) is 11.6 Å². The summed E-state index contributed by atoms with van der Waals surface area (Å²) in [4.78, 5) is 22.4. The van der Waals surface area contributed by atoms with E-state index < -0.39 is 10.8 Å². The van der Waals surface area contributed by atoms with Crippen LogP contribution in [0.15, 0.2) is 54.2 Å². The Morgan fingerprint density at radius 3 is 2.74 bits per heavy atom. The van der Waals surface area contributed by atoms with Crippen molar-refractivity contribution in [2.45, 2.75) is 13.3 Å². The van der Waals surface area contributed by atoms with Crippen LogP contribution in [0, 0.1) is 28.4 Å². The van der Waals surface area contributed by atoms with E-state index in [2.05, 4.69) is 10.6 Å². The van der Waals surface area contributed by atoms with Gasteiger partial charge in [-0.1, -0.05) is 35.9 Å². The van der Waals surface area contributed by atoms with Gasteiger partial charge in [0.1, 0.15) is 16.7 Å². The molecule has 1 amide bonds. The average Bonchev–Trinajstić information content (AvgIpc) is 2.64. The Bertz CT molecular complexity index is 935. The number of nitriles is 1. The molecule has 0 atom stereocenters. The van der Waals surface area contributed by atoms with E-state index in [0.29, 0.717) is 6.54 Å². The second-order valence-electron chi connectivity index (χ2n) is 5.68. The molecule has 0 saturated carbocycles. The third kappa shape index (κ3) is 5.56. The minimum Gasteiger partial charge on any atom is -0.389 e. The second kappa shape index (κ2) is 9.36. The van der Waals surface area contributed by atoms with Crippen LogP contribution in [0.3, 0.4) is 0 Å². The van der Waals surface area contributed by atoms with Gasteiger partial charge in [0.05, 0.1) is 4.92 Å². The number of nitro groups is 1. The molecule has 2 aromatic carbocycles. The minimum absolute atomic E-state index is 0.0353. The number of hydrogen-bond acceptors (Lipinski definition) is 5. The second-order valence-corrected chi connectivity index (χ2v) is 6.09. The zero-order valence-corrected chi connectivity index (χ0v) is 15.3. The van der Waals surface area contributed by atoms with Crippen molar-refractivity contribution in [1.29, 1.82) is 5.26 Å². The first-order valence-corrected chi connectivity index (χ1v) is 8.43. The van der Waals surface area contributed by atoms with Gasteiger partial charge in [-0.3, -0.25) is 14.9 Å². The van der Waals surface area contributed by atoms with Gasteiger partial charge in [-0.15, -0.1) is 0 Å². The van der Waals surface area contributed by atoms with Gasteiger partial charge >= 0.3 is 0 Å². The average molecular weight is 385 g/mol. The van der Waals surface area contributed by atoms with Crippen LogP contribution in [0.2, 0.25) is 5.02 Å². The lowest BCUT2D eigenvalue weighted by molar-refractivity contribution is -0.384. The van der Waals surface area contributed by atoms with Gasteiger partial charge in [-0.2, -0.15) is 5.26 Å². The summed E-state index contributed by atoms with van der Waals surface area (Å²) in [5, 5.41) is 25.4. The van der Waals surface area contributed by atoms with Crippen molar-refractivity contribution in [3.8, 4) is 6.07 Å². The summed E-state index contributed by atoms with van der Waals surface area (Å²) < 4.78 is 0. The molecular formula is C19H17ClN4O3. The number of nitro benzene ring substituents is 1. The van der Waals surface area contributed by atoms with E-state index in [4.69, 9.17) is 11.6 Å². The van der Waals surface area contributed by atoms with E-state index in [0.717, 1.165) is 12.5 Å². The van der Waals surface area contributed by atoms with E-state index >= 15 is 0 Å². The van der Waals surface area contributed by atoms with Gasteiger partial charge in [0.2, 0.25) is 0 Å². The Morgan fingerprint density at radius 2 is 2.07 bits per heavy atom. The molecule has 0 aliphatic heterocycles.